The van der Waals surface area contributed by atoms with Gasteiger partial charge in [0, 0.05) is 12.5 Å². The maximum atomic E-state index is 13.7. The molecule has 0 radical (unpaired) electrons. The van der Waals surface area contributed by atoms with Gasteiger partial charge in [0.05, 0.1) is 10.9 Å². The lowest BCUT2D eigenvalue weighted by atomic mass is 9.88. The molecule has 1 aromatic carbocycles. The average Bonchev–Trinajstić information content (AvgIpc) is 2.48. The number of ketones is 1. The van der Waals surface area contributed by atoms with E-state index in [0.29, 0.717) is 6.54 Å². The normalized spacial score (nSPS) is 18.0. The summed E-state index contributed by atoms with van der Waals surface area (Å²) in [6.45, 7) is 6.53. The fourth-order valence-electron chi connectivity index (χ4n) is 2.89. The quantitative estimate of drug-likeness (QED) is 0.809. The molecule has 0 unspecified atom stereocenters. The van der Waals surface area contributed by atoms with Crippen LogP contribution in [0.4, 0.5) is 4.39 Å². The second kappa shape index (κ2) is 7.37. The van der Waals surface area contributed by atoms with Gasteiger partial charge in [0.2, 0.25) is 0 Å². The Morgan fingerprint density at radius 1 is 1.29 bits per heavy atom. The van der Waals surface area contributed by atoms with Crippen LogP contribution in [0.15, 0.2) is 18.2 Å². The lowest BCUT2D eigenvalue weighted by molar-refractivity contribution is -0.123. The van der Waals surface area contributed by atoms with E-state index in [2.05, 4.69) is 4.90 Å². The number of likely N-dealkylation sites (tertiary alicyclic amines) is 1. The first-order chi connectivity index (χ1) is 9.99. The highest BCUT2D eigenvalue weighted by molar-refractivity contribution is 6.30. The molecular formula is C17H23ClFNO. The standard InChI is InChI=1S/C17H23ClFNO/c1-12(2)17(21)14(11-20-8-4-3-5-9-20)13-6-7-15(18)16(19)10-13/h6-7,10,12,14H,3-5,8-9,11H2,1-2H3/t14-/m0/s1. The third-order valence-electron chi connectivity index (χ3n) is 4.15. The predicted molar refractivity (Wildman–Crippen MR) is 84.3 cm³/mol. The lowest BCUT2D eigenvalue weighted by Crippen LogP contribution is -2.36. The van der Waals surface area contributed by atoms with E-state index in [1.54, 1.807) is 12.1 Å². The molecule has 1 aliphatic heterocycles. The molecule has 1 saturated heterocycles. The molecule has 21 heavy (non-hydrogen) atoms. The molecule has 2 rings (SSSR count). The van der Waals surface area contributed by atoms with E-state index >= 15 is 0 Å². The summed E-state index contributed by atoms with van der Waals surface area (Å²) in [5.74, 6) is -0.606. The van der Waals surface area contributed by atoms with Gasteiger partial charge in [-0.3, -0.25) is 4.79 Å². The van der Waals surface area contributed by atoms with Crippen LogP contribution in [0.3, 0.4) is 0 Å². The van der Waals surface area contributed by atoms with Crippen LogP contribution in [0, 0.1) is 11.7 Å². The van der Waals surface area contributed by atoms with Crippen molar-refractivity contribution in [1.82, 2.24) is 4.90 Å². The molecule has 116 valence electrons. The summed E-state index contributed by atoms with van der Waals surface area (Å²) in [6, 6.07) is 4.74. The summed E-state index contributed by atoms with van der Waals surface area (Å²) in [5, 5.41) is 0.104. The number of piperidine rings is 1. The Hall–Kier alpha value is -0.930. The minimum absolute atomic E-state index is 0.0569. The van der Waals surface area contributed by atoms with Crippen molar-refractivity contribution in [3.05, 3.63) is 34.6 Å². The van der Waals surface area contributed by atoms with E-state index < -0.39 is 5.82 Å². The minimum Gasteiger partial charge on any atom is -0.302 e. The van der Waals surface area contributed by atoms with Crippen LogP contribution in [0.1, 0.15) is 44.6 Å². The van der Waals surface area contributed by atoms with Crippen LogP contribution in [0.5, 0.6) is 0 Å². The first-order valence-corrected chi connectivity index (χ1v) is 8.08. The van der Waals surface area contributed by atoms with Crippen molar-refractivity contribution in [1.29, 1.82) is 0 Å². The number of carbonyl (C=O) groups excluding carboxylic acids is 1. The molecule has 0 bridgehead atoms. The second-order valence-corrected chi connectivity index (χ2v) is 6.55. The number of nitrogens with zero attached hydrogens (tertiary/aromatic N) is 1. The van der Waals surface area contributed by atoms with Crippen LogP contribution in [-0.4, -0.2) is 30.3 Å². The zero-order valence-corrected chi connectivity index (χ0v) is 13.5. The molecule has 0 saturated carbocycles. The third-order valence-corrected chi connectivity index (χ3v) is 4.45. The van der Waals surface area contributed by atoms with Crippen molar-refractivity contribution in [2.45, 2.75) is 39.0 Å². The van der Waals surface area contributed by atoms with Gasteiger partial charge < -0.3 is 4.90 Å². The molecule has 1 aromatic rings. The predicted octanol–water partition coefficient (Wildman–Crippen LogP) is 4.27. The van der Waals surface area contributed by atoms with Gasteiger partial charge in [-0.25, -0.2) is 4.39 Å². The maximum absolute atomic E-state index is 13.7. The minimum atomic E-state index is -0.450. The van der Waals surface area contributed by atoms with Gasteiger partial charge in [-0.2, -0.15) is 0 Å². The fraction of sp³-hybridized carbons (Fsp3) is 0.588. The third kappa shape index (κ3) is 4.27. The monoisotopic (exact) mass is 311 g/mol. The van der Waals surface area contributed by atoms with E-state index in [-0.39, 0.29) is 22.6 Å². The van der Waals surface area contributed by atoms with Crippen molar-refractivity contribution in [2.24, 2.45) is 5.92 Å². The van der Waals surface area contributed by atoms with Crippen molar-refractivity contribution >= 4 is 17.4 Å². The Balaban J connectivity index is 2.22. The first-order valence-electron chi connectivity index (χ1n) is 7.70. The van der Waals surface area contributed by atoms with Gasteiger partial charge in [0.25, 0.3) is 0 Å². The molecule has 0 amide bonds. The number of hydrogen-bond donors (Lipinski definition) is 0. The Morgan fingerprint density at radius 2 is 1.95 bits per heavy atom. The average molecular weight is 312 g/mol. The van der Waals surface area contributed by atoms with Gasteiger partial charge in [0.1, 0.15) is 11.6 Å². The Kier molecular flexibility index (Phi) is 5.77. The SMILES string of the molecule is CC(C)C(=O)[C@@H](CN1CCCCC1)c1ccc(Cl)c(F)c1. The molecule has 1 fully saturated rings. The van der Waals surface area contributed by atoms with Gasteiger partial charge in [0.15, 0.2) is 0 Å². The molecule has 2 nitrogen and oxygen atoms in total. The number of rotatable bonds is 5. The topological polar surface area (TPSA) is 20.3 Å². The number of benzene rings is 1. The van der Waals surface area contributed by atoms with E-state index in [9.17, 15) is 9.18 Å². The molecule has 0 spiro atoms. The van der Waals surface area contributed by atoms with E-state index in [1.807, 2.05) is 13.8 Å². The fourth-order valence-corrected chi connectivity index (χ4v) is 3.01. The molecular weight excluding hydrogens is 289 g/mol. The summed E-state index contributed by atoms with van der Waals surface area (Å²) in [5.41, 5.74) is 0.737. The summed E-state index contributed by atoms with van der Waals surface area (Å²) >= 11 is 5.75. The van der Waals surface area contributed by atoms with Gasteiger partial charge in [-0.05, 0) is 43.6 Å². The van der Waals surface area contributed by atoms with Gasteiger partial charge in [-0.15, -0.1) is 0 Å². The van der Waals surface area contributed by atoms with Crippen LogP contribution in [0.2, 0.25) is 5.02 Å². The van der Waals surface area contributed by atoms with E-state index in [4.69, 9.17) is 11.6 Å². The van der Waals surface area contributed by atoms with Crippen LogP contribution < -0.4 is 0 Å². The number of hydrogen-bond acceptors (Lipinski definition) is 2. The summed E-state index contributed by atoms with van der Waals surface area (Å²) in [6.07, 6.45) is 3.62. The van der Waals surface area contributed by atoms with Crippen molar-refractivity contribution < 1.29 is 9.18 Å². The number of halogens is 2. The highest BCUT2D eigenvalue weighted by Crippen LogP contribution is 2.26. The first kappa shape index (κ1) is 16.4. The molecule has 0 aromatic heterocycles. The smallest absolute Gasteiger partial charge is 0.144 e. The second-order valence-electron chi connectivity index (χ2n) is 6.14. The van der Waals surface area contributed by atoms with Crippen LogP contribution >= 0.6 is 11.6 Å². The Morgan fingerprint density at radius 3 is 2.52 bits per heavy atom. The molecule has 1 heterocycles. The van der Waals surface area contributed by atoms with E-state index in [0.717, 1.165) is 18.7 Å². The van der Waals surface area contributed by atoms with Crippen molar-refractivity contribution in [3.8, 4) is 0 Å². The van der Waals surface area contributed by atoms with Gasteiger partial charge >= 0.3 is 0 Å². The zero-order valence-electron chi connectivity index (χ0n) is 12.7. The number of Topliss-reactive ketones (excluding diaryl/α,β-unsaturated/α-hetero) is 1. The molecule has 4 heteroatoms. The highest BCUT2D eigenvalue weighted by atomic mass is 35.5. The van der Waals surface area contributed by atoms with Crippen LogP contribution in [0.25, 0.3) is 0 Å². The molecule has 1 atom stereocenters. The molecule has 1 aliphatic rings. The number of carbonyl (C=O) groups is 1. The van der Waals surface area contributed by atoms with Crippen LogP contribution in [-0.2, 0) is 4.79 Å². The van der Waals surface area contributed by atoms with E-state index in [1.165, 1.54) is 25.3 Å². The summed E-state index contributed by atoms with van der Waals surface area (Å²) < 4.78 is 13.7. The van der Waals surface area contributed by atoms with Crippen molar-refractivity contribution in [2.75, 3.05) is 19.6 Å². The van der Waals surface area contributed by atoms with Gasteiger partial charge in [-0.1, -0.05) is 37.9 Å². The summed E-state index contributed by atoms with van der Waals surface area (Å²) in [7, 11) is 0. The Bertz CT molecular complexity index is 498. The Labute approximate surface area is 131 Å². The maximum Gasteiger partial charge on any atom is 0.144 e. The highest BCUT2D eigenvalue weighted by Gasteiger charge is 2.26. The largest absolute Gasteiger partial charge is 0.302 e. The molecule has 0 N–H and O–H groups in total. The molecule has 0 aliphatic carbocycles. The lowest BCUT2D eigenvalue weighted by Gasteiger charge is -2.30. The zero-order chi connectivity index (χ0) is 15.4. The summed E-state index contributed by atoms with van der Waals surface area (Å²) in [4.78, 5) is 14.9. The van der Waals surface area contributed by atoms with Crippen molar-refractivity contribution in [3.63, 3.8) is 0 Å².